The van der Waals surface area contributed by atoms with Crippen LogP contribution in [0.3, 0.4) is 0 Å². The van der Waals surface area contributed by atoms with E-state index in [1.807, 2.05) is 32.0 Å². The molecule has 0 spiro atoms. The molecule has 0 bridgehead atoms. The maximum Gasteiger partial charge on any atom is 0.204 e. The number of halogens is 1. The lowest BCUT2D eigenvalue weighted by molar-refractivity contribution is 0.104. The second kappa shape index (κ2) is 6.53. The molecule has 1 radical (unpaired) electrons. The lowest BCUT2D eigenvalue weighted by atomic mass is 10.0. The molecule has 24 heavy (non-hydrogen) atoms. The van der Waals surface area contributed by atoms with E-state index in [2.05, 4.69) is 17.2 Å². The van der Waals surface area contributed by atoms with Gasteiger partial charge in [0.25, 0.3) is 0 Å². The van der Waals surface area contributed by atoms with E-state index in [1.165, 1.54) is 23.5 Å². The molecule has 3 aromatic rings. The summed E-state index contributed by atoms with van der Waals surface area (Å²) in [7, 11) is 0. The van der Waals surface area contributed by atoms with E-state index < -0.39 is 0 Å². The minimum atomic E-state index is -0.360. The number of hydrogen-bond acceptors (Lipinski definition) is 4. The normalized spacial score (nSPS) is 10.7. The van der Waals surface area contributed by atoms with Gasteiger partial charge in [0.1, 0.15) is 5.82 Å². The molecule has 0 saturated carbocycles. The fraction of sp³-hybridized carbons (Fsp3) is 0.105. The number of anilines is 2. The van der Waals surface area contributed by atoms with Crippen molar-refractivity contribution in [3.8, 4) is 0 Å². The summed E-state index contributed by atoms with van der Waals surface area (Å²) < 4.78 is 13.6. The Balaban J connectivity index is 1.87. The smallest absolute Gasteiger partial charge is 0.204 e. The maximum absolute atomic E-state index is 13.6. The van der Waals surface area contributed by atoms with E-state index in [4.69, 9.17) is 0 Å². The Morgan fingerprint density at radius 3 is 2.75 bits per heavy atom. The first-order valence-electron chi connectivity index (χ1n) is 7.41. The van der Waals surface area contributed by atoms with Gasteiger partial charge in [-0.15, -0.1) is 0 Å². The first kappa shape index (κ1) is 16.3. The van der Waals surface area contributed by atoms with Crippen LogP contribution in [-0.4, -0.2) is 10.8 Å². The number of aromatic nitrogens is 1. The van der Waals surface area contributed by atoms with Crippen molar-refractivity contribution in [2.75, 3.05) is 5.32 Å². The number of carbonyl (C=O) groups excluding carboxylic acids is 1. The van der Waals surface area contributed by atoms with Gasteiger partial charge in [-0.3, -0.25) is 4.79 Å². The summed E-state index contributed by atoms with van der Waals surface area (Å²) in [6.07, 6.45) is 1.54. The van der Waals surface area contributed by atoms with Crippen LogP contribution in [0.4, 0.5) is 15.2 Å². The van der Waals surface area contributed by atoms with Crippen molar-refractivity contribution in [1.29, 1.82) is 0 Å². The molecule has 3 rings (SSSR count). The van der Waals surface area contributed by atoms with E-state index in [1.54, 1.807) is 12.3 Å². The summed E-state index contributed by atoms with van der Waals surface area (Å²) in [5, 5.41) is 3.61. The standard InChI is InChI=1S/C19H16FN2OS/c1-11-6-4-5-7-15(11)18(23)17-10-21-19(24-17)22-16-9-14(20)8-12(2)13(16)3/h4-10H,2H2,1,3H3,(H,21,22). The molecule has 0 atom stereocenters. The van der Waals surface area contributed by atoms with Crippen molar-refractivity contribution in [2.45, 2.75) is 13.8 Å². The zero-order chi connectivity index (χ0) is 17.3. The Morgan fingerprint density at radius 1 is 1.25 bits per heavy atom. The second-order valence-corrected chi connectivity index (χ2v) is 6.57. The van der Waals surface area contributed by atoms with Gasteiger partial charge in [-0.05, 0) is 49.6 Å². The molecular formula is C19H16FN2OS. The fourth-order valence-corrected chi connectivity index (χ4v) is 3.16. The van der Waals surface area contributed by atoms with Crippen molar-refractivity contribution < 1.29 is 9.18 Å². The third-order valence-corrected chi connectivity index (χ3v) is 4.75. The number of rotatable bonds is 4. The fourth-order valence-electron chi connectivity index (χ4n) is 2.38. The van der Waals surface area contributed by atoms with Crippen LogP contribution in [0.25, 0.3) is 0 Å². The molecule has 0 aliphatic rings. The van der Waals surface area contributed by atoms with Crippen LogP contribution in [0.15, 0.2) is 42.6 Å². The average molecular weight is 339 g/mol. The van der Waals surface area contributed by atoms with E-state index in [0.717, 1.165) is 11.1 Å². The zero-order valence-electron chi connectivity index (χ0n) is 13.4. The number of nitrogens with zero attached hydrogens (tertiary/aromatic N) is 1. The number of nitrogens with one attached hydrogen (secondary N) is 1. The van der Waals surface area contributed by atoms with Gasteiger partial charge in [0, 0.05) is 11.3 Å². The summed E-state index contributed by atoms with van der Waals surface area (Å²) in [5.74, 6) is -0.423. The largest absolute Gasteiger partial charge is 0.331 e. The van der Waals surface area contributed by atoms with Gasteiger partial charge in [0.2, 0.25) is 5.78 Å². The average Bonchev–Trinajstić information content (AvgIpc) is 3.00. The molecule has 3 nitrogen and oxygen atoms in total. The molecule has 0 unspecified atom stereocenters. The number of carbonyl (C=O) groups is 1. The third kappa shape index (κ3) is 3.21. The molecule has 0 aliphatic heterocycles. The van der Waals surface area contributed by atoms with Crippen LogP contribution < -0.4 is 5.32 Å². The minimum absolute atomic E-state index is 0.0625. The number of hydrogen-bond donors (Lipinski definition) is 1. The first-order chi connectivity index (χ1) is 11.5. The van der Waals surface area contributed by atoms with Crippen LogP contribution in [-0.2, 0) is 0 Å². The molecule has 1 aromatic heterocycles. The molecule has 0 fully saturated rings. The number of benzene rings is 2. The molecule has 2 aromatic carbocycles. The molecule has 0 amide bonds. The van der Waals surface area contributed by atoms with Gasteiger partial charge in [-0.2, -0.15) is 0 Å². The summed E-state index contributed by atoms with van der Waals surface area (Å²) in [6, 6.07) is 10.2. The quantitative estimate of drug-likeness (QED) is 0.676. The Labute approximate surface area is 144 Å². The first-order valence-corrected chi connectivity index (χ1v) is 8.22. The summed E-state index contributed by atoms with van der Waals surface area (Å²) in [6.45, 7) is 7.58. The predicted molar refractivity (Wildman–Crippen MR) is 95.6 cm³/mol. The van der Waals surface area contributed by atoms with Gasteiger partial charge >= 0.3 is 0 Å². The monoisotopic (exact) mass is 339 g/mol. The Morgan fingerprint density at radius 2 is 2.00 bits per heavy atom. The van der Waals surface area contributed by atoms with Crippen molar-refractivity contribution in [3.05, 3.63) is 82.5 Å². The van der Waals surface area contributed by atoms with Gasteiger partial charge in [0.15, 0.2) is 5.13 Å². The topological polar surface area (TPSA) is 42.0 Å². The van der Waals surface area contributed by atoms with Gasteiger partial charge in [-0.25, -0.2) is 9.37 Å². The highest BCUT2D eigenvalue weighted by atomic mass is 32.1. The Hall–Kier alpha value is -2.53. The van der Waals surface area contributed by atoms with E-state index in [9.17, 15) is 9.18 Å². The lowest BCUT2D eigenvalue weighted by Crippen LogP contribution is -2.00. The Bertz CT molecular complexity index is 917. The molecule has 0 aliphatic carbocycles. The highest BCUT2D eigenvalue weighted by molar-refractivity contribution is 7.17. The molecule has 121 valence electrons. The van der Waals surface area contributed by atoms with Crippen molar-refractivity contribution in [2.24, 2.45) is 0 Å². The van der Waals surface area contributed by atoms with Crippen molar-refractivity contribution in [3.63, 3.8) is 0 Å². The third-order valence-electron chi connectivity index (χ3n) is 3.84. The number of aryl methyl sites for hydroxylation is 1. The number of thiazole rings is 1. The number of ketones is 1. The van der Waals surface area contributed by atoms with Crippen LogP contribution in [0.1, 0.15) is 31.9 Å². The van der Waals surface area contributed by atoms with Gasteiger partial charge < -0.3 is 5.32 Å². The predicted octanol–water partition coefficient (Wildman–Crippen LogP) is 5.06. The van der Waals surface area contributed by atoms with Gasteiger partial charge in [-0.1, -0.05) is 35.6 Å². The van der Waals surface area contributed by atoms with Crippen LogP contribution >= 0.6 is 11.3 Å². The van der Waals surface area contributed by atoms with Crippen LogP contribution in [0.5, 0.6) is 0 Å². The summed E-state index contributed by atoms with van der Waals surface area (Å²) in [5.41, 5.74) is 3.65. The van der Waals surface area contributed by atoms with Crippen LogP contribution in [0, 0.1) is 26.6 Å². The van der Waals surface area contributed by atoms with E-state index >= 15 is 0 Å². The lowest BCUT2D eigenvalue weighted by Gasteiger charge is -2.09. The molecule has 5 heteroatoms. The van der Waals surface area contributed by atoms with Crippen LogP contribution in [0.2, 0.25) is 0 Å². The summed E-state index contributed by atoms with van der Waals surface area (Å²) >= 11 is 1.25. The highest BCUT2D eigenvalue weighted by Gasteiger charge is 2.15. The molecule has 1 heterocycles. The summed E-state index contributed by atoms with van der Waals surface area (Å²) in [4.78, 5) is 17.4. The van der Waals surface area contributed by atoms with Crippen molar-refractivity contribution in [1.82, 2.24) is 4.98 Å². The van der Waals surface area contributed by atoms with Gasteiger partial charge in [0.05, 0.1) is 11.1 Å². The minimum Gasteiger partial charge on any atom is -0.331 e. The van der Waals surface area contributed by atoms with E-state index in [-0.39, 0.29) is 11.6 Å². The second-order valence-electron chi connectivity index (χ2n) is 5.54. The molecule has 0 saturated heterocycles. The SMILES string of the molecule is [CH2]c1cc(F)cc(Nc2ncc(C(=O)c3ccccc3C)s2)c1C. The highest BCUT2D eigenvalue weighted by Crippen LogP contribution is 2.28. The van der Waals surface area contributed by atoms with Crippen molar-refractivity contribution >= 4 is 27.9 Å². The van der Waals surface area contributed by atoms with E-state index in [0.29, 0.717) is 26.8 Å². The molecular weight excluding hydrogens is 323 g/mol. The zero-order valence-corrected chi connectivity index (χ0v) is 14.2. The Kier molecular flexibility index (Phi) is 4.44. The maximum atomic E-state index is 13.6. The molecule has 1 N–H and O–H groups in total.